The predicted molar refractivity (Wildman–Crippen MR) is 157 cm³/mol. The van der Waals surface area contributed by atoms with E-state index in [0.717, 1.165) is 24.1 Å². The average molecular weight is 631 g/mol. The summed E-state index contributed by atoms with van der Waals surface area (Å²) in [5.74, 6) is -1.44. The topological polar surface area (TPSA) is 132 Å². The van der Waals surface area contributed by atoms with E-state index in [4.69, 9.17) is 19.6 Å². The molecule has 0 saturated heterocycles. The molecule has 0 radical (unpaired) electrons. The van der Waals surface area contributed by atoms with Gasteiger partial charge in [-0.2, -0.15) is 5.26 Å². The summed E-state index contributed by atoms with van der Waals surface area (Å²) in [4.78, 5) is 18.4. The highest BCUT2D eigenvalue weighted by atomic mass is 79.9. The zero-order valence-electron chi connectivity index (χ0n) is 23.0. The molecule has 40 heavy (non-hydrogen) atoms. The second-order valence-corrected chi connectivity index (χ2v) is 13.8. The third-order valence-corrected chi connectivity index (χ3v) is 9.34. The van der Waals surface area contributed by atoms with E-state index in [2.05, 4.69) is 28.9 Å². The molecule has 2 aromatic rings. The van der Waals surface area contributed by atoms with Gasteiger partial charge in [0.2, 0.25) is 16.3 Å². The van der Waals surface area contributed by atoms with Gasteiger partial charge in [0.15, 0.2) is 0 Å². The van der Waals surface area contributed by atoms with Crippen LogP contribution >= 0.6 is 15.9 Å². The molecule has 6 atom stereocenters. The number of nitrogens with zero attached hydrogens (tertiary/aromatic N) is 2. The lowest BCUT2D eigenvalue weighted by molar-refractivity contribution is -0.123. The summed E-state index contributed by atoms with van der Waals surface area (Å²) >= 11 is 3.65. The Kier molecular flexibility index (Phi) is 9.51. The Balaban J connectivity index is 1.80. The lowest BCUT2D eigenvalue weighted by Gasteiger charge is -2.45. The van der Waals surface area contributed by atoms with Crippen LogP contribution in [0.4, 0.5) is 0 Å². The van der Waals surface area contributed by atoms with E-state index in [1.165, 1.54) is 6.07 Å². The minimum atomic E-state index is -4.17. The lowest BCUT2D eigenvalue weighted by atomic mass is 9.63. The fraction of sp³-hybridized carbons (Fsp3) is 0.500. The van der Waals surface area contributed by atoms with Crippen molar-refractivity contribution >= 4 is 37.4 Å². The van der Waals surface area contributed by atoms with Gasteiger partial charge < -0.3 is 9.47 Å². The Labute approximate surface area is 245 Å². The molecule has 8 nitrogen and oxygen atoms in total. The van der Waals surface area contributed by atoms with Crippen LogP contribution in [0.5, 0.6) is 5.75 Å². The number of benzene rings is 2. The fourth-order valence-electron chi connectivity index (χ4n) is 6.06. The molecule has 1 saturated carbocycles. The van der Waals surface area contributed by atoms with Crippen molar-refractivity contribution in [1.29, 1.82) is 5.26 Å². The van der Waals surface area contributed by atoms with Gasteiger partial charge in [-0.25, -0.2) is 13.6 Å². The normalized spacial score (nSPS) is 27.3. The number of ketones is 1. The molecule has 214 valence electrons. The summed E-state index contributed by atoms with van der Waals surface area (Å²) in [6.45, 7) is 6.16. The SMILES string of the molecule is CCCC1CC(=O)C2C(=NC(C)(Br)C(C#N)C2c2cc(CC(OCC)Oc3ccccc3)ccc2S(N)(=O)=O)C1. The zero-order chi connectivity index (χ0) is 29.1. The van der Waals surface area contributed by atoms with Crippen LogP contribution in [0.15, 0.2) is 58.4 Å². The second-order valence-electron chi connectivity index (χ2n) is 10.7. The smallest absolute Gasteiger partial charge is 0.238 e. The third kappa shape index (κ3) is 6.65. The van der Waals surface area contributed by atoms with Crippen molar-refractivity contribution in [1.82, 2.24) is 0 Å². The summed E-state index contributed by atoms with van der Waals surface area (Å²) < 4.78 is 36.6. The minimum absolute atomic E-state index is 0.0120. The molecule has 10 heteroatoms. The molecular formula is C30H36BrN3O5S. The number of alkyl halides is 1. The van der Waals surface area contributed by atoms with Gasteiger partial charge in [0.05, 0.1) is 22.8 Å². The van der Waals surface area contributed by atoms with Crippen LogP contribution in [0.2, 0.25) is 0 Å². The van der Waals surface area contributed by atoms with Crippen molar-refractivity contribution in [3.63, 3.8) is 0 Å². The van der Waals surface area contributed by atoms with E-state index < -0.39 is 38.5 Å². The number of halogens is 1. The Hall–Kier alpha value is -2.58. The number of nitriles is 1. The van der Waals surface area contributed by atoms with Crippen molar-refractivity contribution in [2.24, 2.45) is 27.9 Å². The number of carbonyl (C=O) groups excluding carboxylic acids is 1. The number of fused-ring (bicyclic) bond motifs is 1. The molecular weight excluding hydrogens is 594 g/mol. The number of nitrogens with two attached hydrogens (primary N) is 1. The second kappa shape index (κ2) is 12.5. The molecule has 0 bridgehead atoms. The van der Waals surface area contributed by atoms with E-state index in [0.29, 0.717) is 37.2 Å². The average Bonchev–Trinajstić information content (AvgIpc) is 2.87. The highest BCUT2D eigenvalue weighted by Gasteiger charge is 2.53. The number of hydrogen-bond donors (Lipinski definition) is 1. The molecule has 1 fully saturated rings. The number of para-hydroxylation sites is 1. The standard InChI is InChI=1S/C30H36BrN3O5S/c1-4-9-19-15-24-29(25(35)16-19)28(23(18-32)30(3,31)34-24)22-14-20(12-13-26(22)40(33,36)37)17-27(38-5-2)39-21-10-7-6-8-11-21/h6-8,10-14,19,23,27-29H,4-5,9,15-17H2,1-3H3,(H2,33,36,37). The monoisotopic (exact) mass is 629 g/mol. The van der Waals surface area contributed by atoms with Crippen molar-refractivity contribution in [2.75, 3.05) is 6.61 Å². The minimum Gasteiger partial charge on any atom is -0.465 e. The zero-order valence-corrected chi connectivity index (χ0v) is 25.4. The quantitative estimate of drug-likeness (QED) is 0.210. The summed E-state index contributed by atoms with van der Waals surface area (Å²) in [6, 6.07) is 16.5. The van der Waals surface area contributed by atoms with Gasteiger partial charge in [0.1, 0.15) is 16.0 Å². The summed E-state index contributed by atoms with van der Waals surface area (Å²) in [5.41, 5.74) is 1.81. The molecule has 1 heterocycles. The van der Waals surface area contributed by atoms with Gasteiger partial charge >= 0.3 is 0 Å². The van der Waals surface area contributed by atoms with E-state index >= 15 is 0 Å². The maximum Gasteiger partial charge on any atom is 0.238 e. The van der Waals surface area contributed by atoms with Gasteiger partial charge in [-0.1, -0.05) is 59.6 Å². The largest absolute Gasteiger partial charge is 0.465 e. The van der Waals surface area contributed by atoms with E-state index in [1.54, 1.807) is 19.1 Å². The van der Waals surface area contributed by atoms with Gasteiger partial charge in [-0.05, 0) is 61.9 Å². The lowest BCUT2D eigenvalue weighted by Crippen LogP contribution is -2.49. The fourth-order valence-corrected chi connectivity index (χ4v) is 7.46. The number of primary sulfonamides is 1. The van der Waals surface area contributed by atoms with Crippen LogP contribution in [0, 0.1) is 29.1 Å². The van der Waals surface area contributed by atoms with Gasteiger partial charge in [0.25, 0.3) is 0 Å². The molecule has 2 aliphatic rings. The van der Waals surface area contributed by atoms with Crippen molar-refractivity contribution in [3.8, 4) is 11.8 Å². The Morgan fingerprint density at radius 2 is 1.93 bits per heavy atom. The van der Waals surface area contributed by atoms with Gasteiger partial charge in [0, 0.05) is 31.1 Å². The molecule has 0 spiro atoms. The summed E-state index contributed by atoms with van der Waals surface area (Å²) in [5, 5.41) is 16.0. The number of sulfonamides is 1. The first-order valence-electron chi connectivity index (χ1n) is 13.7. The summed E-state index contributed by atoms with van der Waals surface area (Å²) in [6.07, 6.45) is 2.56. The molecule has 1 aliphatic carbocycles. The molecule has 0 aromatic heterocycles. The van der Waals surface area contributed by atoms with Gasteiger partial charge in [-0.15, -0.1) is 0 Å². The van der Waals surface area contributed by atoms with E-state index in [-0.39, 0.29) is 16.6 Å². The molecule has 4 rings (SSSR count). The number of rotatable bonds is 10. The number of carbonyl (C=O) groups is 1. The number of ether oxygens (including phenoxy) is 2. The van der Waals surface area contributed by atoms with Crippen LogP contribution in [0.25, 0.3) is 0 Å². The van der Waals surface area contributed by atoms with E-state index in [1.807, 2.05) is 37.3 Å². The highest BCUT2D eigenvalue weighted by Crippen LogP contribution is 2.51. The Bertz CT molecular complexity index is 1400. The number of aliphatic imine (C=N–C) groups is 1. The first-order chi connectivity index (χ1) is 19.0. The van der Waals surface area contributed by atoms with Crippen molar-refractivity contribution < 1.29 is 22.7 Å². The molecule has 0 amide bonds. The van der Waals surface area contributed by atoms with Crippen LogP contribution in [0.1, 0.15) is 63.5 Å². The maximum absolute atomic E-state index is 13.7. The van der Waals surface area contributed by atoms with Crippen molar-refractivity contribution in [3.05, 3.63) is 59.7 Å². The van der Waals surface area contributed by atoms with Crippen LogP contribution in [-0.4, -0.2) is 37.3 Å². The molecule has 1 aliphatic heterocycles. The summed E-state index contributed by atoms with van der Waals surface area (Å²) in [7, 11) is -4.17. The van der Waals surface area contributed by atoms with Crippen LogP contribution in [-0.2, 0) is 26.0 Å². The predicted octanol–water partition coefficient (Wildman–Crippen LogP) is 5.50. The van der Waals surface area contributed by atoms with E-state index in [9.17, 15) is 18.5 Å². The molecule has 2 aromatic carbocycles. The molecule has 6 unspecified atom stereocenters. The highest BCUT2D eigenvalue weighted by molar-refractivity contribution is 9.10. The first kappa shape index (κ1) is 30.4. The molecule has 2 N–H and O–H groups in total. The van der Waals surface area contributed by atoms with Gasteiger partial charge in [-0.3, -0.25) is 9.79 Å². The Morgan fingerprint density at radius 3 is 2.55 bits per heavy atom. The first-order valence-corrected chi connectivity index (χ1v) is 16.0. The van der Waals surface area contributed by atoms with Crippen LogP contribution in [0.3, 0.4) is 0 Å². The maximum atomic E-state index is 13.7. The van der Waals surface area contributed by atoms with Crippen molar-refractivity contribution in [2.45, 2.75) is 74.4 Å². The number of hydrogen-bond acceptors (Lipinski definition) is 7. The third-order valence-electron chi connectivity index (χ3n) is 7.68. The number of Topliss-reactive ketones (excluding diaryl/α,β-unsaturated/α-hetero) is 1. The Morgan fingerprint density at radius 1 is 1.20 bits per heavy atom. The van der Waals surface area contributed by atoms with Crippen LogP contribution < -0.4 is 9.88 Å².